The third-order valence-corrected chi connectivity index (χ3v) is 2.05. The molecule has 1 heterocycles. The molecule has 1 aromatic carbocycles. The molecule has 0 unspecified atom stereocenters. The van der Waals surface area contributed by atoms with E-state index in [2.05, 4.69) is 27.9 Å². The highest BCUT2D eigenvalue weighted by Crippen LogP contribution is 2.03. The summed E-state index contributed by atoms with van der Waals surface area (Å²) in [5.41, 5.74) is 1.29. The van der Waals surface area contributed by atoms with Crippen molar-refractivity contribution in [3.63, 3.8) is 0 Å². The van der Waals surface area contributed by atoms with Gasteiger partial charge in [0.05, 0.1) is 0 Å². The number of hydrogen-bond acceptors (Lipinski definition) is 1. The summed E-state index contributed by atoms with van der Waals surface area (Å²) in [5, 5.41) is 0. The first-order valence-corrected chi connectivity index (χ1v) is 4.30. The van der Waals surface area contributed by atoms with Gasteiger partial charge in [0.1, 0.15) is 12.0 Å². The molecule has 0 saturated heterocycles. The molecule has 0 aliphatic rings. The Hall–Kier alpha value is -1.57. The van der Waals surface area contributed by atoms with Gasteiger partial charge in [-0.2, -0.15) is 0 Å². The molecular weight excluding hydrogens is 160 g/mol. The summed E-state index contributed by atoms with van der Waals surface area (Å²) >= 11 is 0. The van der Waals surface area contributed by atoms with E-state index in [0.717, 1.165) is 12.4 Å². The van der Waals surface area contributed by atoms with E-state index >= 15 is 0 Å². The molecule has 2 heteroatoms. The van der Waals surface area contributed by atoms with Crippen LogP contribution in [-0.2, 0) is 6.54 Å². The number of aromatic nitrogens is 2. The lowest BCUT2D eigenvalue weighted by Gasteiger charge is -2.03. The van der Waals surface area contributed by atoms with Crippen LogP contribution < -0.4 is 0 Å². The van der Waals surface area contributed by atoms with Crippen LogP contribution in [0.2, 0.25) is 0 Å². The van der Waals surface area contributed by atoms with E-state index in [0.29, 0.717) is 0 Å². The molecule has 65 valence electrons. The van der Waals surface area contributed by atoms with Gasteiger partial charge in [-0.25, -0.2) is 4.98 Å². The summed E-state index contributed by atoms with van der Waals surface area (Å²) in [6, 6.07) is 10.3. The van der Waals surface area contributed by atoms with E-state index < -0.39 is 0 Å². The van der Waals surface area contributed by atoms with Crippen LogP contribution in [0.3, 0.4) is 0 Å². The SMILES string of the molecule is Cc1n[c]cn1Cc1ccccc1. The summed E-state index contributed by atoms with van der Waals surface area (Å²) in [7, 11) is 0. The number of nitrogens with zero attached hydrogens (tertiary/aromatic N) is 2. The van der Waals surface area contributed by atoms with Crippen molar-refractivity contribution < 1.29 is 0 Å². The van der Waals surface area contributed by atoms with Crippen molar-refractivity contribution >= 4 is 0 Å². The number of hydrogen-bond donors (Lipinski definition) is 0. The third-order valence-electron chi connectivity index (χ3n) is 2.05. The van der Waals surface area contributed by atoms with Crippen molar-refractivity contribution in [3.8, 4) is 0 Å². The smallest absolute Gasteiger partial charge is 0.109 e. The molecule has 0 fully saturated rings. The van der Waals surface area contributed by atoms with Crippen LogP contribution in [0.1, 0.15) is 11.4 Å². The van der Waals surface area contributed by atoms with Gasteiger partial charge in [0.25, 0.3) is 0 Å². The van der Waals surface area contributed by atoms with Crippen molar-refractivity contribution in [1.82, 2.24) is 9.55 Å². The van der Waals surface area contributed by atoms with Crippen molar-refractivity contribution in [2.45, 2.75) is 13.5 Å². The van der Waals surface area contributed by atoms with Crippen molar-refractivity contribution in [2.75, 3.05) is 0 Å². The molecule has 0 aliphatic heterocycles. The van der Waals surface area contributed by atoms with Gasteiger partial charge in [-0.3, -0.25) is 0 Å². The molecule has 0 aliphatic carbocycles. The van der Waals surface area contributed by atoms with Crippen LogP contribution in [-0.4, -0.2) is 9.55 Å². The van der Waals surface area contributed by atoms with Gasteiger partial charge in [0, 0.05) is 12.7 Å². The Bertz CT molecular complexity index is 376. The maximum absolute atomic E-state index is 4.05. The lowest BCUT2D eigenvalue weighted by molar-refractivity contribution is 0.762. The summed E-state index contributed by atoms with van der Waals surface area (Å²) < 4.78 is 2.08. The number of imidazole rings is 1. The normalized spacial score (nSPS) is 10.2. The summed E-state index contributed by atoms with van der Waals surface area (Å²) in [6.07, 6.45) is 4.71. The highest BCUT2D eigenvalue weighted by Gasteiger charge is 1.97. The van der Waals surface area contributed by atoms with Gasteiger partial charge in [-0.1, -0.05) is 30.3 Å². The molecular formula is C11H11N2. The predicted octanol–water partition coefficient (Wildman–Crippen LogP) is 2.04. The Morgan fingerprint density at radius 1 is 1.31 bits per heavy atom. The lowest BCUT2D eigenvalue weighted by atomic mass is 10.2. The predicted molar refractivity (Wildman–Crippen MR) is 51.3 cm³/mol. The quantitative estimate of drug-likeness (QED) is 0.676. The molecule has 0 N–H and O–H groups in total. The molecule has 1 radical (unpaired) electrons. The zero-order valence-corrected chi connectivity index (χ0v) is 7.57. The fourth-order valence-corrected chi connectivity index (χ4v) is 1.29. The number of rotatable bonds is 2. The maximum Gasteiger partial charge on any atom is 0.109 e. The van der Waals surface area contributed by atoms with Crippen LogP contribution in [0.5, 0.6) is 0 Å². The minimum atomic E-state index is 0.878. The zero-order valence-electron chi connectivity index (χ0n) is 7.57. The first kappa shape index (κ1) is 8.05. The molecule has 0 spiro atoms. The van der Waals surface area contributed by atoms with E-state index in [1.807, 2.05) is 31.3 Å². The molecule has 2 aromatic rings. The molecule has 0 bridgehead atoms. The second kappa shape index (κ2) is 3.44. The molecule has 0 amide bonds. The van der Waals surface area contributed by atoms with Gasteiger partial charge >= 0.3 is 0 Å². The average Bonchev–Trinajstić information content (AvgIpc) is 2.54. The van der Waals surface area contributed by atoms with Crippen molar-refractivity contribution in [1.29, 1.82) is 0 Å². The summed E-state index contributed by atoms with van der Waals surface area (Å²) in [4.78, 5) is 4.05. The maximum atomic E-state index is 4.05. The van der Waals surface area contributed by atoms with E-state index in [9.17, 15) is 0 Å². The number of aryl methyl sites for hydroxylation is 1. The van der Waals surface area contributed by atoms with E-state index in [1.165, 1.54) is 5.56 Å². The third kappa shape index (κ3) is 1.78. The molecule has 2 nitrogen and oxygen atoms in total. The average molecular weight is 171 g/mol. The standard InChI is InChI=1S/C11H11N2/c1-10-12-7-8-13(10)9-11-5-3-2-4-6-11/h2-6,8H,9H2,1H3. The molecule has 2 rings (SSSR count). The Morgan fingerprint density at radius 3 is 2.69 bits per heavy atom. The van der Waals surface area contributed by atoms with Gasteiger partial charge in [0.15, 0.2) is 0 Å². The fraction of sp³-hybridized carbons (Fsp3) is 0.182. The minimum Gasteiger partial charge on any atom is -0.330 e. The monoisotopic (exact) mass is 171 g/mol. The van der Waals surface area contributed by atoms with Crippen molar-refractivity contribution in [3.05, 3.63) is 54.1 Å². The van der Waals surface area contributed by atoms with Crippen LogP contribution in [0.25, 0.3) is 0 Å². The van der Waals surface area contributed by atoms with Crippen molar-refractivity contribution in [2.24, 2.45) is 0 Å². The van der Waals surface area contributed by atoms with E-state index in [4.69, 9.17) is 0 Å². The summed E-state index contributed by atoms with van der Waals surface area (Å²) in [6.45, 7) is 2.86. The van der Waals surface area contributed by atoms with Crippen LogP contribution in [0.4, 0.5) is 0 Å². The highest BCUT2D eigenvalue weighted by atomic mass is 15.0. The van der Waals surface area contributed by atoms with Crippen LogP contribution in [0, 0.1) is 13.1 Å². The minimum absolute atomic E-state index is 0.878. The number of benzene rings is 1. The summed E-state index contributed by atoms with van der Waals surface area (Å²) in [5.74, 6) is 1.00. The van der Waals surface area contributed by atoms with Gasteiger partial charge in [-0.15, -0.1) is 0 Å². The first-order chi connectivity index (χ1) is 6.36. The molecule has 0 saturated carbocycles. The first-order valence-electron chi connectivity index (χ1n) is 4.30. The fourth-order valence-electron chi connectivity index (χ4n) is 1.29. The van der Waals surface area contributed by atoms with Gasteiger partial charge in [0.2, 0.25) is 0 Å². The second-order valence-electron chi connectivity index (χ2n) is 3.03. The Morgan fingerprint density at radius 2 is 2.08 bits per heavy atom. The molecule has 0 atom stereocenters. The lowest BCUT2D eigenvalue weighted by Crippen LogP contribution is -1.99. The van der Waals surface area contributed by atoms with E-state index in [-0.39, 0.29) is 0 Å². The second-order valence-corrected chi connectivity index (χ2v) is 3.03. The molecule has 1 aromatic heterocycles. The Balaban J connectivity index is 2.20. The van der Waals surface area contributed by atoms with Crippen LogP contribution in [0.15, 0.2) is 36.5 Å². The van der Waals surface area contributed by atoms with Gasteiger partial charge in [-0.05, 0) is 12.5 Å². The van der Waals surface area contributed by atoms with E-state index in [1.54, 1.807) is 0 Å². The Kier molecular flexibility index (Phi) is 2.13. The largest absolute Gasteiger partial charge is 0.330 e. The Labute approximate surface area is 77.9 Å². The topological polar surface area (TPSA) is 17.8 Å². The zero-order chi connectivity index (χ0) is 9.10. The molecule has 13 heavy (non-hydrogen) atoms. The highest BCUT2D eigenvalue weighted by molar-refractivity contribution is 5.15. The van der Waals surface area contributed by atoms with Crippen LogP contribution >= 0.6 is 0 Å². The van der Waals surface area contributed by atoms with Gasteiger partial charge < -0.3 is 4.57 Å².